The van der Waals surface area contributed by atoms with E-state index in [0.29, 0.717) is 6.42 Å². The van der Waals surface area contributed by atoms with Gasteiger partial charge in [0.1, 0.15) is 6.17 Å². The van der Waals surface area contributed by atoms with Crippen molar-refractivity contribution in [3.63, 3.8) is 0 Å². The van der Waals surface area contributed by atoms with Crippen molar-refractivity contribution >= 4 is 11.1 Å². The van der Waals surface area contributed by atoms with Gasteiger partial charge in [0.2, 0.25) is 0 Å². The van der Waals surface area contributed by atoms with Crippen LogP contribution < -0.4 is 5.73 Å². The highest BCUT2D eigenvalue weighted by molar-refractivity contribution is 7.79. The lowest BCUT2D eigenvalue weighted by molar-refractivity contribution is 0.351. The zero-order valence-corrected chi connectivity index (χ0v) is 11.9. The van der Waals surface area contributed by atoms with Crippen LogP contribution in [0.3, 0.4) is 0 Å². The minimum Gasteiger partial charge on any atom is -0.322 e. The molecular weight excluding hydrogens is 253 g/mol. The summed E-state index contributed by atoms with van der Waals surface area (Å²) in [5.41, 5.74) is 6.83. The first-order valence-corrected chi connectivity index (χ1v) is 7.10. The molecule has 0 fully saturated rings. The van der Waals surface area contributed by atoms with Crippen LogP contribution in [-0.2, 0) is 16.6 Å². The quantitative estimate of drug-likeness (QED) is 0.831. The Hall–Kier alpha value is -0.780. The van der Waals surface area contributed by atoms with Gasteiger partial charge < -0.3 is 10.3 Å². The maximum atomic E-state index is 12.0. The minimum absolute atomic E-state index is 0.207. The molecule has 104 valence electrons. The Kier molecular flexibility index (Phi) is 7.98. The molecule has 0 heterocycles. The van der Waals surface area contributed by atoms with Crippen LogP contribution in [0.5, 0.6) is 0 Å². The first-order chi connectivity index (χ1) is 8.27. The summed E-state index contributed by atoms with van der Waals surface area (Å²) in [5.74, 6) is -0.253. The fraction of sp³-hybridized carbons (Fsp3) is 0.538. The third-order valence-corrected chi connectivity index (χ3v) is 2.93. The van der Waals surface area contributed by atoms with Crippen molar-refractivity contribution in [1.29, 1.82) is 0 Å². The fourth-order valence-electron chi connectivity index (χ4n) is 1.14. The Morgan fingerprint density at radius 1 is 1.39 bits per heavy atom. The molecule has 1 rings (SSSR count). The fourth-order valence-corrected chi connectivity index (χ4v) is 1.69. The Bertz CT molecular complexity index is 352. The number of rotatable bonds is 4. The topological polar surface area (TPSA) is 63.3 Å². The molecule has 0 aliphatic rings. The largest absolute Gasteiger partial charge is 0.322 e. The van der Waals surface area contributed by atoms with Crippen molar-refractivity contribution in [2.45, 2.75) is 38.9 Å². The molecule has 0 aliphatic carbocycles. The lowest BCUT2D eigenvalue weighted by Gasteiger charge is -2.18. The molecule has 0 aromatic heterocycles. The van der Waals surface area contributed by atoms with Crippen molar-refractivity contribution in [3.8, 4) is 0 Å². The minimum atomic E-state index is -1.97. The van der Waals surface area contributed by atoms with Gasteiger partial charge in [-0.15, -0.1) is 0 Å². The van der Waals surface area contributed by atoms with E-state index >= 15 is 0 Å². The number of hydrogen-bond donors (Lipinski definition) is 2. The molecule has 3 nitrogen and oxygen atoms in total. The van der Waals surface area contributed by atoms with Gasteiger partial charge in [0.25, 0.3) is 0 Å². The van der Waals surface area contributed by atoms with Crippen molar-refractivity contribution < 1.29 is 13.2 Å². The smallest absolute Gasteiger partial charge is 0.155 e. The van der Waals surface area contributed by atoms with Gasteiger partial charge in [-0.05, 0) is 25.8 Å². The van der Waals surface area contributed by atoms with Crippen LogP contribution in [-0.4, -0.2) is 20.7 Å². The first kappa shape index (κ1) is 17.2. The van der Waals surface area contributed by atoms with E-state index in [4.69, 9.17) is 10.3 Å². The molecule has 0 bridgehead atoms. The normalized spacial score (nSPS) is 14.3. The highest BCUT2D eigenvalue weighted by Crippen LogP contribution is 2.14. The number of alkyl halides is 1. The molecule has 0 saturated heterocycles. The number of nitrogens with two attached hydrogens (primary N) is 1. The van der Waals surface area contributed by atoms with Crippen LogP contribution in [0.2, 0.25) is 0 Å². The Morgan fingerprint density at radius 2 is 1.89 bits per heavy atom. The van der Waals surface area contributed by atoms with Crippen LogP contribution in [0.25, 0.3) is 0 Å². The summed E-state index contributed by atoms with van der Waals surface area (Å²) < 4.78 is 30.0. The van der Waals surface area contributed by atoms with Crippen molar-refractivity contribution in [1.82, 2.24) is 0 Å². The average Bonchev–Trinajstić information content (AvgIpc) is 2.29. The molecule has 5 heteroatoms. The molecule has 2 unspecified atom stereocenters. The summed E-state index contributed by atoms with van der Waals surface area (Å²) in [6.45, 7) is 5.64. The third-order valence-electron chi connectivity index (χ3n) is 2.28. The Labute approximate surface area is 111 Å². The van der Waals surface area contributed by atoms with Crippen molar-refractivity contribution in [2.24, 2.45) is 5.73 Å². The second-order valence-electron chi connectivity index (χ2n) is 4.58. The molecule has 0 radical (unpaired) electrons. The van der Waals surface area contributed by atoms with Gasteiger partial charge in [-0.3, -0.25) is 0 Å². The lowest BCUT2D eigenvalue weighted by atomic mass is 9.96. The van der Waals surface area contributed by atoms with E-state index < -0.39 is 17.3 Å². The molecule has 0 aliphatic heterocycles. The van der Waals surface area contributed by atoms with E-state index in [9.17, 15) is 8.60 Å². The maximum Gasteiger partial charge on any atom is 0.155 e. The van der Waals surface area contributed by atoms with Gasteiger partial charge in [-0.1, -0.05) is 37.3 Å². The number of halogens is 1. The van der Waals surface area contributed by atoms with Crippen LogP contribution in [0.1, 0.15) is 32.8 Å². The van der Waals surface area contributed by atoms with Crippen LogP contribution in [0.4, 0.5) is 4.39 Å². The zero-order chi connectivity index (χ0) is 14.2. The molecule has 2 atom stereocenters. The summed E-state index contributed by atoms with van der Waals surface area (Å²) in [5, 5.41) is 0. The molecule has 18 heavy (non-hydrogen) atoms. The first-order valence-electron chi connectivity index (χ1n) is 5.83. The predicted octanol–water partition coefficient (Wildman–Crippen LogP) is 2.84. The standard InChI is InChI=1S/C9H13N.C4H9FO2S/c1-9(2,10)8-6-4-3-5-7-8;1-2-4(5)3-8(6)7/h3-7H,10H2,1-2H3;4H,2-3H2,1H3,(H,6,7). The maximum absolute atomic E-state index is 12.0. The van der Waals surface area contributed by atoms with E-state index in [1.807, 2.05) is 44.2 Å². The number of hydrogen-bond acceptors (Lipinski definition) is 2. The van der Waals surface area contributed by atoms with Crippen LogP contribution in [0, 0.1) is 0 Å². The third kappa shape index (κ3) is 8.33. The van der Waals surface area contributed by atoms with E-state index in [1.165, 1.54) is 5.56 Å². The SMILES string of the molecule is CC(C)(N)c1ccccc1.CCC(F)CS(=O)O. The zero-order valence-electron chi connectivity index (χ0n) is 11.1. The summed E-state index contributed by atoms with van der Waals surface area (Å²) >= 11 is -1.97. The van der Waals surface area contributed by atoms with E-state index in [-0.39, 0.29) is 11.3 Å². The van der Waals surface area contributed by atoms with Gasteiger partial charge in [0, 0.05) is 5.54 Å². The average molecular weight is 275 g/mol. The van der Waals surface area contributed by atoms with Crippen molar-refractivity contribution in [3.05, 3.63) is 35.9 Å². The molecule has 3 N–H and O–H groups in total. The van der Waals surface area contributed by atoms with E-state index in [0.717, 1.165) is 0 Å². The second-order valence-corrected chi connectivity index (χ2v) is 5.56. The summed E-state index contributed by atoms with van der Waals surface area (Å²) in [7, 11) is 0. The monoisotopic (exact) mass is 275 g/mol. The van der Waals surface area contributed by atoms with Gasteiger partial charge in [-0.2, -0.15) is 0 Å². The van der Waals surface area contributed by atoms with Gasteiger partial charge in [0.05, 0.1) is 5.75 Å². The predicted molar refractivity (Wildman–Crippen MR) is 74.5 cm³/mol. The summed E-state index contributed by atoms with van der Waals surface area (Å²) in [6.07, 6.45) is -0.812. The van der Waals surface area contributed by atoms with Crippen LogP contribution >= 0.6 is 0 Å². The summed E-state index contributed by atoms with van der Waals surface area (Å²) in [4.78, 5) is 0. The van der Waals surface area contributed by atoms with Gasteiger partial charge >= 0.3 is 0 Å². The Balaban J connectivity index is 0.000000331. The highest BCUT2D eigenvalue weighted by atomic mass is 32.2. The van der Waals surface area contributed by atoms with Crippen molar-refractivity contribution in [2.75, 3.05) is 5.75 Å². The molecule has 0 amide bonds. The van der Waals surface area contributed by atoms with Crippen LogP contribution in [0.15, 0.2) is 30.3 Å². The van der Waals surface area contributed by atoms with Gasteiger partial charge in [0.15, 0.2) is 11.1 Å². The molecule has 1 aromatic carbocycles. The second kappa shape index (κ2) is 8.34. The Morgan fingerprint density at radius 3 is 2.11 bits per heavy atom. The number of benzene rings is 1. The molecule has 0 saturated carbocycles. The van der Waals surface area contributed by atoms with E-state index in [2.05, 4.69) is 0 Å². The van der Waals surface area contributed by atoms with E-state index in [1.54, 1.807) is 6.92 Å². The summed E-state index contributed by atoms with van der Waals surface area (Å²) in [6, 6.07) is 10.1. The highest BCUT2D eigenvalue weighted by Gasteiger charge is 2.11. The lowest BCUT2D eigenvalue weighted by Crippen LogP contribution is -2.28. The molecular formula is C13H22FNO2S. The molecule has 0 spiro atoms. The van der Waals surface area contributed by atoms with Gasteiger partial charge in [-0.25, -0.2) is 8.60 Å². The molecule has 1 aromatic rings.